The fraction of sp³-hybridized carbons (Fsp3) is 0.500. The van der Waals surface area contributed by atoms with Gasteiger partial charge < -0.3 is 14.6 Å². The second-order valence-corrected chi connectivity index (χ2v) is 8.23. The molecule has 1 aromatic heterocycles. The van der Waals surface area contributed by atoms with Crippen LogP contribution in [-0.2, 0) is 23.1 Å². The van der Waals surface area contributed by atoms with Gasteiger partial charge in [0.1, 0.15) is 22.3 Å². The van der Waals surface area contributed by atoms with Crippen molar-refractivity contribution in [2.75, 3.05) is 20.2 Å². The minimum Gasteiger partial charge on any atom is -0.495 e. The molecular weight excluding hydrogens is 361 g/mol. The summed E-state index contributed by atoms with van der Waals surface area (Å²) in [6.45, 7) is 2.46. The van der Waals surface area contributed by atoms with Gasteiger partial charge in [-0.2, -0.15) is 4.31 Å². The third kappa shape index (κ3) is 2.78. The summed E-state index contributed by atoms with van der Waals surface area (Å²) >= 11 is 0. The Balaban J connectivity index is 1.75. The summed E-state index contributed by atoms with van der Waals surface area (Å²) in [6, 6.07) is 3.11. The normalized spacial score (nSPS) is 20.9. The first-order valence-electron chi connectivity index (χ1n) is 8.50. The van der Waals surface area contributed by atoms with Gasteiger partial charge in [-0.15, -0.1) is 10.2 Å². The summed E-state index contributed by atoms with van der Waals surface area (Å²) < 4.78 is 48.7. The van der Waals surface area contributed by atoms with E-state index >= 15 is 0 Å². The largest absolute Gasteiger partial charge is 0.495 e. The lowest BCUT2D eigenvalue weighted by Crippen LogP contribution is -2.34. The second kappa shape index (κ2) is 6.60. The molecule has 3 heterocycles. The minimum atomic E-state index is -3.93. The highest BCUT2D eigenvalue weighted by atomic mass is 32.2. The van der Waals surface area contributed by atoms with Crippen LogP contribution in [0.25, 0.3) is 0 Å². The topological polar surface area (TPSA) is 89.4 Å². The first-order chi connectivity index (χ1) is 12.5. The van der Waals surface area contributed by atoms with Gasteiger partial charge in [0.2, 0.25) is 10.0 Å². The van der Waals surface area contributed by atoms with Crippen molar-refractivity contribution in [3.05, 3.63) is 35.7 Å². The quantitative estimate of drug-likeness (QED) is 0.852. The zero-order chi connectivity index (χ0) is 18.3. The number of fused-ring (bicyclic) bond motifs is 1. The van der Waals surface area contributed by atoms with Crippen LogP contribution in [0.3, 0.4) is 0 Å². The van der Waals surface area contributed by atoms with E-state index in [4.69, 9.17) is 4.74 Å². The number of aromatic nitrogens is 3. The molecule has 0 spiro atoms. The van der Waals surface area contributed by atoms with Crippen molar-refractivity contribution in [2.24, 2.45) is 0 Å². The van der Waals surface area contributed by atoms with Gasteiger partial charge in [0, 0.05) is 19.6 Å². The van der Waals surface area contributed by atoms with Crippen LogP contribution in [0.4, 0.5) is 4.39 Å². The Morgan fingerprint density at radius 1 is 1.31 bits per heavy atom. The third-order valence-electron chi connectivity index (χ3n) is 4.87. The highest BCUT2D eigenvalue weighted by Gasteiger charge is 2.40. The van der Waals surface area contributed by atoms with Gasteiger partial charge in [0.25, 0.3) is 0 Å². The lowest BCUT2D eigenvalue weighted by molar-refractivity contribution is 0.358. The Morgan fingerprint density at radius 3 is 2.96 bits per heavy atom. The molecule has 0 amide bonds. The molecule has 2 aliphatic rings. The van der Waals surface area contributed by atoms with E-state index in [-0.39, 0.29) is 10.6 Å². The fourth-order valence-electron chi connectivity index (χ4n) is 3.63. The lowest BCUT2D eigenvalue weighted by Gasteiger charge is -2.26. The van der Waals surface area contributed by atoms with Gasteiger partial charge in [0.05, 0.1) is 19.7 Å². The van der Waals surface area contributed by atoms with E-state index in [2.05, 4.69) is 15.5 Å². The number of benzene rings is 1. The fourth-order valence-corrected chi connectivity index (χ4v) is 5.45. The number of rotatable bonds is 4. The van der Waals surface area contributed by atoms with Gasteiger partial charge in [-0.1, -0.05) is 0 Å². The molecule has 0 bridgehead atoms. The molecule has 4 rings (SSSR count). The number of hydrogen-bond acceptors (Lipinski definition) is 6. The molecular formula is C16H20FN5O3S. The smallest absolute Gasteiger partial charge is 0.247 e. The second-order valence-electron chi connectivity index (χ2n) is 6.37. The predicted octanol–water partition coefficient (Wildman–Crippen LogP) is 1.05. The average Bonchev–Trinajstić information content (AvgIpc) is 3.28. The molecule has 0 aliphatic carbocycles. The van der Waals surface area contributed by atoms with Gasteiger partial charge >= 0.3 is 0 Å². The molecule has 0 radical (unpaired) electrons. The van der Waals surface area contributed by atoms with E-state index in [1.807, 2.05) is 4.57 Å². The van der Waals surface area contributed by atoms with E-state index in [1.165, 1.54) is 23.5 Å². The van der Waals surface area contributed by atoms with Crippen LogP contribution in [-0.4, -0.2) is 47.7 Å². The van der Waals surface area contributed by atoms with E-state index in [0.717, 1.165) is 18.4 Å². The molecule has 1 N–H and O–H groups in total. The maximum Gasteiger partial charge on any atom is 0.247 e. The number of nitrogens with one attached hydrogen (secondary N) is 1. The summed E-state index contributed by atoms with van der Waals surface area (Å²) in [5.74, 6) is 0.965. The van der Waals surface area contributed by atoms with Crippen molar-refractivity contribution < 1.29 is 17.5 Å². The third-order valence-corrected chi connectivity index (χ3v) is 6.79. The Hall–Kier alpha value is -2.04. The maximum absolute atomic E-state index is 13.7. The zero-order valence-electron chi connectivity index (χ0n) is 14.4. The summed E-state index contributed by atoms with van der Waals surface area (Å²) in [5.41, 5.74) is 0. The van der Waals surface area contributed by atoms with Crippen LogP contribution in [0.15, 0.2) is 23.1 Å². The molecule has 140 valence electrons. The predicted molar refractivity (Wildman–Crippen MR) is 90.5 cm³/mol. The Labute approximate surface area is 151 Å². The average molecular weight is 381 g/mol. The first kappa shape index (κ1) is 17.4. The van der Waals surface area contributed by atoms with E-state index in [9.17, 15) is 12.8 Å². The first-order valence-corrected chi connectivity index (χ1v) is 9.94. The summed E-state index contributed by atoms with van der Waals surface area (Å²) in [5, 5.41) is 11.7. The minimum absolute atomic E-state index is 0.129. The van der Waals surface area contributed by atoms with Gasteiger partial charge in [-0.25, -0.2) is 12.8 Å². The van der Waals surface area contributed by atoms with Crippen LogP contribution in [0.2, 0.25) is 0 Å². The zero-order valence-corrected chi connectivity index (χ0v) is 15.2. The molecule has 1 aromatic carbocycles. The Bertz CT molecular complexity index is 930. The molecule has 8 nitrogen and oxygen atoms in total. The van der Waals surface area contributed by atoms with Crippen LogP contribution in [0.5, 0.6) is 5.75 Å². The SMILES string of the molecule is COc1ccc(F)cc1S(=O)(=O)N1CCCC1c1nnc2n1CCNC2. The maximum atomic E-state index is 13.7. The van der Waals surface area contributed by atoms with Crippen molar-refractivity contribution in [3.8, 4) is 5.75 Å². The number of nitrogens with zero attached hydrogens (tertiary/aromatic N) is 4. The van der Waals surface area contributed by atoms with Crippen LogP contribution in [0.1, 0.15) is 30.5 Å². The van der Waals surface area contributed by atoms with E-state index in [0.29, 0.717) is 38.3 Å². The Morgan fingerprint density at radius 2 is 2.15 bits per heavy atom. The molecule has 0 saturated carbocycles. The highest BCUT2D eigenvalue weighted by molar-refractivity contribution is 7.89. The molecule has 2 aromatic rings. The lowest BCUT2D eigenvalue weighted by atomic mass is 10.2. The van der Waals surface area contributed by atoms with Crippen molar-refractivity contribution >= 4 is 10.0 Å². The molecule has 26 heavy (non-hydrogen) atoms. The Kier molecular flexibility index (Phi) is 4.41. The number of sulfonamides is 1. The van der Waals surface area contributed by atoms with Crippen LogP contribution in [0, 0.1) is 5.82 Å². The number of methoxy groups -OCH3 is 1. The highest BCUT2D eigenvalue weighted by Crippen LogP contribution is 2.38. The van der Waals surface area contributed by atoms with Crippen LogP contribution < -0.4 is 10.1 Å². The molecule has 1 saturated heterocycles. The van der Waals surface area contributed by atoms with E-state index < -0.39 is 21.9 Å². The number of halogens is 1. The van der Waals surface area contributed by atoms with Gasteiger partial charge in [-0.3, -0.25) is 0 Å². The number of ether oxygens (including phenoxy) is 1. The van der Waals surface area contributed by atoms with Gasteiger partial charge in [0.15, 0.2) is 5.82 Å². The number of hydrogen-bond donors (Lipinski definition) is 1. The molecule has 10 heteroatoms. The van der Waals surface area contributed by atoms with Crippen molar-refractivity contribution in [1.29, 1.82) is 0 Å². The summed E-state index contributed by atoms with van der Waals surface area (Å²) in [6.07, 6.45) is 1.37. The van der Waals surface area contributed by atoms with Crippen molar-refractivity contribution in [3.63, 3.8) is 0 Å². The van der Waals surface area contributed by atoms with Crippen molar-refractivity contribution in [1.82, 2.24) is 24.4 Å². The molecule has 1 atom stereocenters. The van der Waals surface area contributed by atoms with E-state index in [1.54, 1.807) is 0 Å². The van der Waals surface area contributed by atoms with Crippen LogP contribution >= 0.6 is 0 Å². The standard InChI is InChI=1S/C16H20FN5O3S/c1-25-13-5-4-11(17)9-14(13)26(23,24)22-7-2-3-12(22)16-20-19-15-10-18-6-8-21(15)16/h4-5,9,12,18H,2-3,6-8,10H2,1H3. The summed E-state index contributed by atoms with van der Waals surface area (Å²) in [7, 11) is -2.56. The monoisotopic (exact) mass is 381 g/mol. The van der Waals surface area contributed by atoms with Gasteiger partial charge in [-0.05, 0) is 31.0 Å². The molecule has 1 fully saturated rings. The molecule has 2 aliphatic heterocycles. The molecule has 1 unspecified atom stereocenters. The van der Waals surface area contributed by atoms with Crippen molar-refractivity contribution in [2.45, 2.75) is 36.9 Å². The summed E-state index contributed by atoms with van der Waals surface area (Å²) in [4.78, 5) is -0.160.